The van der Waals surface area contributed by atoms with Gasteiger partial charge in [0.1, 0.15) is 5.75 Å². The van der Waals surface area contributed by atoms with Gasteiger partial charge in [-0.25, -0.2) is 0 Å². The predicted octanol–water partition coefficient (Wildman–Crippen LogP) is 2.76. The van der Waals surface area contributed by atoms with Crippen LogP contribution in [0.3, 0.4) is 0 Å². The normalized spacial score (nSPS) is 22.9. The average Bonchev–Trinajstić information content (AvgIpc) is 2.54. The van der Waals surface area contributed by atoms with Gasteiger partial charge in [0.05, 0.1) is 13.5 Å². The van der Waals surface area contributed by atoms with Crippen LogP contribution >= 0.6 is 0 Å². The molecule has 0 radical (unpaired) electrons. The molecule has 0 amide bonds. The van der Waals surface area contributed by atoms with Crippen molar-refractivity contribution in [1.29, 1.82) is 0 Å². The second-order valence-electron chi connectivity index (χ2n) is 4.43. The lowest BCUT2D eigenvalue weighted by molar-refractivity contribution is -0.137. The molecule has 0 saturated carbocycles. The number of ether oxygens (including phenoxy) is 1. The van der Waals surface area contributed by atoms with E-state index in [2.05, 4.69) is 6.92 Å². The fraction of sp³-hybridized carbons (Fsp3) is 0.462. The van der Waals surface area contributed by atoms with Crippen molar-refractivity contribution in [2.24, 2.45) is 0 Å². The van der Waals surface area contributed by atoms with Crippen molar-refractivity contribution in [1.82, 2.24) is 0 Å². The quantitative estimate of drug-likeness (QED) is 0.852. The summed E-state index contributed by atoms with van der Waals surface area (Å²) in [5.74, 6) is 0.713. The van der Waals surface area contributed by atoms with E-state index in [-0.39, 0.29) is 12.3 Å². The topological polar surface area (TPSA) is 46.5 Å². The molecule has 2 rings (SSSR count). The molecule has 16 heavy (non-hydrogen) atoms. The first-order chi connectivity index (χ1) is 7.61. The van der Waals surface area contributed by atoms with Gasteiger partial charge in [-0.1, -0.05) is 13.0 Å². The van der Waals surface area contributed by atoms with E-state index in [0.29, 0.717) is 5.92 Å². The van der Waals surface area contributed by atoms with Crippen LogP contribution in [0.1, 0.15) is 42.7 Å². The van der Waals surface area contributed by atoms with Crippen molar-refractivity contribution < 1.29 is 14.6 Å². The minimum absolute atomic E-state index is 0.161. The number of aliphatic carboxylic acids is 1. The number of carboxylic acid groups (broad SMARTS) is 1. The minimum atomic E-state index is -0.721. The summed E-state index contributed by atoms with van der Waals surface area (Å²) in [4.78, 5) is 10.8. The summed E-state index contributed by atoms with van der Waals surface area (Å²) < 4.78 is 5.19. The Kier molecular flexibility index (Phi) is 2.86. The second-order valence-corrected chi connectivity index (χ2v) is 4.43. The van der Waals surface area contributed by atoms with Crippen LogP contribution in [0.15, 0.2) is 18.2 Å². The predicted molar refractivity (Wildman–Crippen MR) is 61.0 cm³/mol. The lowest BCUT2D eigenvalue weighted by atomic mass is 9.98. The lowest BCUT2D eigenvalue weighted by Gasteiger charge is -2.09. The lowest BCUT2D eigenvalue weighted by Crippen LogP contribution is -2.03. The van der Waals surface area contributed by atoms with Crippen LogP contribution in [0.25, 0.3) is 0 Å². The molecule has 0 bridgehead atoms. The molecule has 1 aromatic rings. The van der Waals surface area contributed by atoms with E-state index in [4.69, 9.17) is 9.84 Å². The smallest absolute Gasteiger partial charge is 0.303 e. The standard InChI is InChI=1S/C13H16O3/c1-8-5-9(6-13(14)15)11-4-3-10(16-2)7-12(8)11/h3-4,7-9H,5-6H2,1-2H3,(H,14,15). The number of hydrogen-bond acceptors (Lipinski definition) is 2. The first-order valence-corrected chi connectivity index (χ1v) is 5.51. The minimum Gasteiger partial charge on any atom is -0.497 e. The Hall–Kier alpha value is -1.51. The Morgan fingerprint density at radius 3 is 2.88 bits per heavy atom. The van der Waals surface area contributed by atoms with Gasteiger partial charge in [-0.3, -0.25) is 4.79 Å². The van der Waals surface area contributed by atoms with E-state index < -0.39 is 5.97 Å². The molecule has 2 unspecified atom stereocenters. The summed E-state index contributed by atoms with van der Waals surface area (Å²) in [5.41, 5.74) is 2.42. The van der Waals surface area contributed by atoms with Gasteiger partial charge in [0, 0.05) is 0 Å². The number of benzene rings is 1. The third-order valence-corrected chi connectivity index (χ3v) is 3.32. The van der Waals surface area contributed by atoms with Crippen LogP contribution in [0.2, 0.25) is 0 Å². The van der Waals surface area contributed by atoms with E-state index in [1.165, 1.54) is 11.1 Å². The molecule has 0 spiro atoms. The summed E-state index contributed by atoms with van der Waals surface area (Å²) in [6.07, 6.45) is 1.15. The van der Waals surface area contributed by atoms with Crippen LogP contribution in [-0.4, -0.2) is 18.2 Å². The third kappa shape index (κ3) is 1.90. The van der Waals surface area contributed by atoms with E-state index >= 15 is 0 Å². The zero-order valence-electron chi connectivity index (χ0n) is 9.56. The first kappa shape index (κ1) is 11.0. The zero-order chi connectivity index (χ0) is 11.7. The monoisotopic (exact) mass is 220 g/mol. The number of methoxy groups -OCH3 is 1. The maximum absolute atomic E-state index is 10.8. The van der Waals surface area contributed by atoms with Crippen molar-refractivity contribution >= 4 is 5.97 Å². The Bertz CT molecular complexity index is 412. The van der Waals surface area contributed by atoms with Gasteiger partial charge in [0.15, 0.2) is 0 Å². The highest BCUT2D eigenvalue weighted by Gasteiger charge is 2.29. The summed E-state index contributed by atoms with van der Waals surface area (Å²) in [6.45, 7) is 2.14. The molecule has 1 N–H and O–H groups in total. The van der Waals surface area contributed by atoms with Gasteiger partial charge in [-0.2, -0.15) is 0 Å². The number of rotatable bonds is 3. The van der Waals surface area contributed by atoms with Crippen LogP contribution in [0.5, 0.6) is 5.75 Å². The Balaban J connectivity index is 2.32. The Morgan fingerprint density at radius 2 is 2.25 bits per heavy atom. The Morgan fingerprint density at radius 1 is 1.50 bits per heavy atom. The molecule has 0 heterocycles. The Labute approximate surface area is 95.0 Å². The average molecular weight is 220 g/mol. The fourth-order valence-corrected chi connectivity index (χ4v) is 2.56. The second kappa shape index (κ2) is 4.16. The number of fused-ring (bicyclic) bond motifs is 1. The number of carbonyl (C=O) groups is 1. The molecule has 0 fully saturated rings. The van der Waals surface area contributed by atoms with E-state index in [1.807, 2.05) is 18.2 Å². The summed E-state index contributed by atoms with van der Waals surface area (Å²) in [7, 11) is 1.65. The molecular formula is C13H16O3. The van der Waals surface area contributed by atoms with Crippen molar-refractivity contribution in [3.63, 3.8) is 0 Å². The van der Waals surface area contributed by atoms with Gasteiger partial charge < -0.3 is 9.84 Å². The maximum atomic E-state index is 10.8. The van der Waals surface area contributed by atoms with Crippen LogP contribution < -0.4 is 4.74 Å². The molecule has 2 atom stereocenters. The SMILES string of the molecule is COc1ccc2c(c1)C(C)CC2CC(=O)O. The first-order valence-electron chi connectivity index (χ1n) is 5.51. The van der Waals surface area contributed by atoms with E-state index in [0.717, 1.165) is 12.2 Å². The molecule has 3 heteroatoms. The summed E-state index contributed by atoms with van der Waals surface area (Å²) >= 11 is 0. The third-order valence-electron chi connectivity index (χ3n) is 3.32. The molecule has 0 aromatic heterocycles. The maximum Gasteiger partial charge on any atom is 0.303 e. The van der Waals surface area contributed by atoms with Crippen LogP contribution in [0, 0.1) is 0 Å². The van der Waals surface area contributed by atoms with Crippen LogP contribution in [0.4, 0.5) is 0 Å². The van der Waals surface area contributed by atoms with E-state index in [1.54, 1.807) is 7.11 Å². The van der Waals surface area contributed by atoms with E-state index in [9.17, 15) is 4.79 Å². The molecule has 86 valence electrons. The van der Waals surface area contributed by atoms with Crippen LogP contribution in [-0.2, 0) is 4.79 Å². The molecule has 1 aliphatic carbocycles. The summed E-state index contributed by atoms with van der Waals surface area (Å²) in [5, 5.41) is 8.86. The summed E-state index contributed by atoms with van der Waals surface area (Å²) in [6, 6.07) is 5.94. The van der Waals surface area contributed by atoms with Gasteiger partial charge >= 0.3 is 5.97 Å². The molecule has 0 saturated heterocycles. The molecule has 3 nitrogen and oxygen atoms in total. The number of carboxylic acids is 1. The zero-order valence-corrected chi connectivity index (χ0v) is 9.56. The van der Waals surface area contributed by atoms with Gasteiger partial charge in [-0.05, 0) is 41.5 Å². The molecular weight excluding hydrogens is 204 g/mol. The highest BCUT2D eigenvalue weighted by Crippen LogP contribution is 2.44. The van der Waals surface area contributed by atoms with Crippen molar-refractivity contribution in [2.45, 2.75) is 31.6 Å². The molecule has 0 aliphatic heterocycles. The van der Waals surface area contributed by atoms with Crippen molar-refractivity contribution in [2.75, 3.05) is 7.11 Å². The van der Waals surface area contributed by atoms with Crippen molar-refractivity contribution in [3.8, 4) is 5.75 Å². The van der Waals surface area contributed by atoms with Gasteiger partial charge in [-0.15, -0.1) is 0 Å². The largest absolute Gasteiger partial charge is 0.497 e. The van der Waals surface area contributed by atoms with Gasteiger partial charge in [0.2, 0.25) is 0 Å². The fourth-order valence-electron chi connectivity index (χ4n) is 2.56. The van der Waals surface area contributed by atoms with Gasteiger partial charge in [0.25, 0.3) is 0 Å². The highest BCUT2D eigenvalue weighted by atomic mass is 16.5. The molecule has 1 aliphatic rings. The van der Waals surface area contributed by atoms with Crippen molar-refractivity contribution in [3.05, 3.63) is 29.3 Å². The number of hydrogen-bond donors (Lipinski definition) is 1. The molecule has 1 aromatic carbocycles. The highest BCUT2D eigenvalue weighted by molar-refractivity contribution is 5.68.